The Hall–Kier alpha value is -3.99. The topological polar surface area (TPSA) is 105 Å². The summed E-state index contributed by atoms with van der Waals surface area (Å²) in [4.78, 5) is 39.5. The third kappa shape index (κ3) is 4.58. The summed E-state index contributed by atoms with van der Waals surface area (Å²) in [6.45, 7) is 5.16. The number of pyridine rings is 1. The lowest BCUT2D eigenvalue weighted by molar-refractivity contribution is 0.0384. The Morgan fingerprint density at radius 1 is 1.16 bits per heavy atom. The molecule has 2 aromatic carbocycles. The SMILES string of the molecule is Cc1cc(Oc2ccccc2)ccc1N1C(=O)Nc2c(C(=O)NC3CONCC(C)C3)sc3nccc1c23. The number of hydroxylamine groups is 1. The highest BCUT2D eigenvalue weighted by Crippen LogP contribution is 2.46. The van der Waals surface area contributed by atoms with Crippen LogP contribution in [0.1, 0.15) is 28.6 Å². The fraction of sp³-hybridized carbons (Fsp3) is 0.250. The van der Waals surface area contributed by atoms with E-state index in [-0.39, 0.29) is 18.0 Å². The number of hydrogen-bond donors (Lipinski definition) is 3. The Bertz CT molecular complexity index is 1520. The first kappa shape index (κ1) is 24.4. The Labute approximate surface area is 223 Å². The lowest BCUT2D eigenvalue weighted by atomic mass is 10.0. The van der Waals surface area contributed by atoms with Crippen LogP contribution in [-0.2, 0) is 4.84 Å². The maximum atomic E-state index is 13.5. The van der Waals surface area contributed by atoms with Gasteiger partial charge < -0.3 is 15.4 Å². The van der Waals surface area contributed by atoms with Crippen molar-refractivity contribution in [2.45, 2.75) is 26.3 Å². The van der Waals surface area contributed by atoms with Crippen molar-refractivity contribution < 1.29 is 19.2 Å². The average molecular weight is 530 g/mol. The second kappa shape index (κ2) is 10.1. The molecule has 9 nitrogen and oxygen atoms in total. The van der Waals surface area contributed by atoms with Gasteiger partial charge >= 0.3 is 6.03 Å². The van der Waals surface area contributed by atoms with Gasteiger partial charge in [-0.25, -0.2) is 15.3 Å². The van der Waals surface area contributed by atoms with Crippen LogP contribution >= 0.6 is 11.3 Å². The van der Waals surface area contributed by atoms with E-state index in [4.69, 9.17) is 9.57 Å². The minimum Gasteiger partial charge on any atom is -0.457 e. The van der Waals surface area contributed by atoms with Crippen LogP contribution in [0.4, 0.5) is 21.9 Å². The van der Waals surface area contributed by atoms with E-state index in [1.165, 1.54) is 11.3 Å². The maximum Gasteiger partial charge on any atom is 0.331 e. The number of carbonyl (C=O) groups is 2. The zero-order valence-corrected chi connectivity index (χ0v) is 21.8. The van der Waals surface area contributed by atoms with Gasteiger partial charge in [-0.1, -0.05) is 25.1 Å². The molecule has 0 aliphatic carbocycles. The number of urea groups is 1. The van der Waals surface area contributed by atoms with Gasteiger partial charge in [-0.2, -0.15) is 0 Å². The van der Waals surface area contributed by atoms with E-state index >= 15 is 0 Å². The summed E-state index contributed by atoms with van der Waals surface area (Å²) in [6.07, 6.45) is 2.46. The molecule has 0 spiro atoms. The van der Waals surface area contributed by atoms with Gasteiger partial charge in [-0.3, -0.25) is 14.5 Å². The smallest absolute Gasteiger partial charge is 0.331 e. The van der Waals surface area contributed by atoms with Crippen LogP contribution in [0.25, 0.3) is 10.2 Å². The van der Waals surface area contributed by atoms with Crippen molar-refractivity contribution in [2.24, 2.45) is 5.92 Å². The largest absolute Gasteiger partial charge is 0.457 e. The first-order valence-electron chi connectivity index (χ1n) is 12.5. The van der Waals surface area contributed by atoms with Gasteiger partial charge in [0.15, 0.2) is 0 Å². The molecule has 0 radical (unpaired) electrons. The Kier molecular flexibility index (Phi) is 6.44. The molecule has 0 saturated carbocycles. The monoisotopic (exact) mass is 529 g/mol. The van der Waals surface area contributed by atoms with Crippen molar-refractivity contribution in [2.75, 3.05) is 23.4 Å². The van der Waals surface area contributed by atoms with Crippen molar-refractivity contribution >= 4 is 50.6 Å². The predicted octanol–water partition coefficient (Wildman–Crippen LogP) is 5.74. The molecular formula is C28H27N5O4S. The van der Waals surface area contributed by atoms with Crippen LogP contribution in [0.5, 0.6) is 11.5 Å². The zero-order chi connectivity index (χ0) is 26.2. The van der Waals surface area contributed by atoms with E-state index < -0.39 is 0 Å². The fourth-order valence-electron chi connectivity index (χ4n) is 4.90. The number of benzene rings is 2. The third-order valence-electron chi connectivity index (χ3n) is 6.68. The van der Waals surface area contributed by atoms with Crippen LogP contribution in [0, 0.1) is 12.8 Å². The van der Waals surface area contributed by atoms with Crippen LogP contribution in [0.2, 0.25) is 0 Å². The number of hydrogen-bond acceptors (Lipinski definition) is 7. The molecule has 4 aromatic rings. The van der Waals surface area contributed by atoms with Crippen LogP contribution in [0.3, 0.4) is 0 Å². The summed E-state index contributed by atoms with van der Waals surface area (Å²) in [6, 6.07) is 16.5. The molecule has 2 aromatic heterocycles. The van der Waals surface area contributed by atoms with Crippen LogP contribution < -0.4 is 25.8 Å². The molecule has 194 valence electrons. The van der Waals surface area contributed by atoms with E-state index in [1.54, 1.807) is 17.2 Å². The summed E-state index contributed by atoms with van der Waals surface area (Å²) >= 11 is 1.27. The molecular weight excluding hydrogens is 502 g/mol. The molecule has 2 aliphatic heterocycles. The molecule has 0 bridgehead atoms. The van der Waals surface area contributed by atoms with Gasteiger partial charge in [-0.15, -0.1) is 11.3 Å². The van der Waals surface area contributed by atoms with Gasteiger partial charge in [0.25, 0.3) is 5.91 Å². The first-order valence-corrected chi connectivity index (χ1v) is 13.3. The Morgan fingerprint density at radius 3 is 2.82 bits per heavy atom. The van der Waals surface area contributed by atoms with Gasteiger partial charge in [0, 0.05) is 12.7 Å². The van der Waals surface area contributed by atoms with Crippen LogP contribution in [0.15, 0.2) is 60.8 Å². The quantitative estimate of drug-likeness (QED) is 0.305. The highest BCUT2D eigenvalue weighted by atomic mass is 32.1. The third-order valence-corrected chi connectivity index (χ3v) is 7.78. The minimum atomic E-state index is -0.340. The summed E-state index contributed by atoms with van der Waals surface area (Å²) < 4.78 is 5.96. The average Bonchev–Trinajstić information content (AvgIpc) is 3.15. The molecule has 2 atom stereocenters. The lowest BCUT2D eigenvalue weighted by Crippen LogP contribution is -2.39. The second-order valence-electron chi connectivity index (χ2n) is 9.62. The number of para-hydroxylation sites is 1. The molecule has 2 unspecified atom stereocenters. The van der Waals surface area contributed by atoms with Crippen molar-refractivity contribution in [1.82, 2.24) is 15.8 Å². The van der Waals surface area contributed by atoms with Crippen molar-refractivity contribution in [1.29, 1.82) is 0 Å². The number of ether oxygens (including phenoxy) is 1. The van der Waals surface area contributed by atoms with E-state index in [2.05, 4.69) is 28.0 Å². The molecule has 4 heterocycles. The molecule has 2 aliphatic rings. The maximum absolute atomic E-state index is 13.5. The highest BCUT2D eigenvalue weighted by molar-refractivity contribution is 7.21. The molecule has 3 N–H and O–H groups in total. The van der Waals surface area contributed by atoms with E-state index in [0.717, 1.165) is 35.4 Å². The first-order chi connectivity index (χ1) is 18.5. The van der Waals surface area contributed by atoms with E-state index in [9.17, 15) is 9.59 Å². The van der Waals surface area contributed by atoms with Gasteiger partial charge in [-0.05, 0) is 61.2 Å². The number of rotatable bonds is 5. The predicted molar refractivity (Wildman–Crippen MR) is 147 cm³/mol. The minimum absolute atomic E-state index is 0.132. The summed E-state index contributed by atoms with van der Waals surface area (Å²) in [5.41, 5.74) is 5.68. The number of nitrogens with one attached hydrogen (secondary N) is 3. The van der Waals surface area contributed by atoms with E-state index in [1.807, 2.05) is 55.5 Å². The Morgan fingerprint density at radius 2 is 2.00 bits per heavy atom. The van der Waals surface area contributed by atoms with Crippen LogP contribution in [-0.4, -0.2) is 36.1 Å². The molecule has 1 fully saturated rings. The molecule has 1 saturated heterocycles. The van der Waals surface area contributed by atoms with E-state index in [0.29, 0.717) is 39.4 Å². The number of aromatic nitrogens is 1. The molecule has 38 heavy (non-hydrogen) atoms. The second-order valence-corrected chi connectivity index (χ2v) is 10.6. The number of carbonyl (C=O) groups excluding carboxylic acids is 2. The van der Waals surface area contributed by atoms with Crippen molar-refractivity contribution in [3.05, 3.63) is 71.2 Å². The normalized spacial score (nSPS) is 19.1. The Balaban J connectivity index is 1.32. The van der Waals surface area contributed by atoms with Gasteiger partial charge in [0.1, 0.15) is 21.2 Å². The summed E-state index contributed by atoms with van der Waals surface area (Å²) in [5, 5.41) is 6.79. The summed E-state index contributed by atoms with van der Waals surface area (Å²) in [5.74, 6) is 1.53. The zero-order valence-electron chi connectivity index (χ0n) is 21.0. The number of thiophene rings is 1. The molecule has 10 heteroatoms. The molecule has 3 amide bonds. The number of aryl methyl sites for hydroxylation is 1. The highest BCUT2D eigenvalue weighted by Gasteiger charge is 2.34. The standard InChI is InChI=1S/C28H27N5O4S/c1-16-12-18(15-36-30-14-16)31-26(34)25-24-23-22(10-11-29-27(23)38-25)33(28(35)32-24)21-9-8-20(13-17(21)2)37-19-6-4-3-5-7-19/h3-11,13,16,18,30H,12,14-15H2,1-2H3,(H,31,34)(H,32,35). The lowest BCUT2D eigenvalue weighted by Gasteiger charge is -2.29. The van der Waals surface area contributed by atoms with Crippen molar-refractivity contribution in [3.8, 4) is 11.5 Å². The van der Waals surface area contributed by atoms with Crippen molar-refractivity contribution in [3.63, 3.8) is 0 Å². The fourth-order valence-corrected chi connectivity index (χ4v) is 5.92. The summed E-state index contributed by atoms with van der Waals surface area (Å²) in [7, 11) is 0. The van der Waals surface area contributed by atoms with Gasteiger partial charge in [0.2, 0.25) is 0 Å². The number of anilines is 3. The number of nitrogens with zero attached hydrogens (tertiary/aromatic N) is 2. The number of amides is 3. The van der Waals surface area contributed by atoms with Gasteiger partial charge in [0.05, 0.1) is 35.1 Å². The molecule has 6 rings (SSSR count).